The third kappa shape index (κ3) is 2.60. The summed E-state index contributed by atoms with van der Waals surface area (Å²) in [5, 5.41) is 4.26. The molecule has 108 valence electrons. The quantitative estimate of drug-likeness (QED) is 0.907. The Morgan fingerprint density at radius 1 is 1.10 bits per heavy atom. The maximum atomic E-state index is 11.7. The molecule has 2 heterocycles. The van der Waals surface area contributed by atoms with Crippen LogP contribution in [-0.2, 0) is 4.79 Å². The van der Waals surface area contributed by atoms with Gasteiger partial charge in [-0.05, 0) is 18.6 Å². The van der Waals surface area contributed by atoms with Gasteiger partial charge in [0, 0.05) is 32.7 Å². The highest BCUT2D eigenvalue weighted by Gasteiger charge is 2.32. The number of anilines is 1. The van der Waals surface area contributed by atoms with Crippen molar-refractivity contribution in [2.24, 2.45) is 0 Å². The molecule has 1 aromatic carbocycles. The molecular weight excluding hydrogens is 297 g/mol. The van der Waals surface area contributed by atoms with Crippen LogP contribution in [0.5, 0.6) is 0 Å². The molecule has 0 radical (unpaired) electrons. The highest BCUT2D eigenvalue weighted by atomic mass is 35.5. The summed E-state index contributed by atoms with van der Waals surface area (Å²) in [5.41, 5.74) is 0.909. The fourth-order valence-electron chi connectivity index (χ4n) is 2.98. The normalized spacial score (nSPS) is 24.0. The number of rotatable bonds is 2. The van der Waals surface area contributed by atoms with Crippen LogP contribution < -0.4 is 10.2 Å². The largest absolute Gasteiger partial charge is 0.367 e. The summed E-state index contributed by atoms with van der Waals surface area (Å²) in [4.78, 5) is 16.2. The first-order chi connectivity index (χ1) is 9.66. The molecule has 1 atom stereocenters. The lowest BCUT2D eigenvalue weighted by molar-refractivity contribution is -0.123. The minimum Gasteiger partial charge on any atom is -0.367 e. The van der Waals surface area contributed by atoms with Crippen LogP contribution in [0.3, 0.4) is 0 Å². The lowest BCUT2D eigenvalue weighted by Gasteiger charge is -2.38. The zero-order valence-corrected chi connectivity index (χ0v) is 12.6. The topological polar surface area (TPSA) is 35.6 Å². The van der Waals surface area contributed by atoms with Gasteiger partial charge in [0.15, 0.2) is 0 Å². The monoisotopic (exact) mass is 313 g/mol. The highest BCUT2D eigenvalue weighted by molar-refractivity contribution is 6.39. The van der Waals surface area contributed by atoms with E-state index in [1.807, 2.05) is 18.2 Å². The van der Waals surface area contributed by atoms with Gasteiger partial charge in [-0.2, -0.15) is 0 Å². The molecule has 2 aliphatic rings. The van der Waals surface area contributed by atoms with Gasteiger partial charge in [0.1, 0.15) is 0 Å². The molecule has 0 aromatic heterocycles. The number of amides is 1. The predicted octanol–water partition coefficient (Wildman–Crippen LogP) is 2.00. The second-order valence-corrected chi connectivity index (χ2v) is 6.00. The minimum absolute atomic E-state index is 0.0406. The Hall–Kier alpha value is -0.970. The van der Waals surface area contributed by atoms with E-state index in [0.29, 0.717) is 10.0 Å². The second kappa shape index (κ2) is 5.80. The van der Waals surface area contributed by atoms with Crippen molar-refractivity contribution in [3.8, 4) is 0 Å². The molecule has 2 aliphatic heterocycles. The smallest absolute Gasteiger partial charge is 0.237 e. The van der Waals surface area contributed by atoms with Crippen LogP contribution >= 0.6 is 23.2 Å². The van der Waals surface area contributed by atoms with Gasteiger partial charge < -0.3 is 10.2 Å². The number of benzene rings is 1. The lowest BCUT2D eigenvalue weighted by Crippen LogP contribution is -2.52. The molecule has 2 saturated heterocycles. The minimum atomic E-state index is 0.0406. The van der Waals surface area contributed by atoms with Gasteiger partial charge in [0.25, 0.3) is 0 Å². The first-order valence-corrected chi connectivity index (χ1v) is 7.63. The maximum absolute atomic E-state index is 11.7. The van der Waals surface area contributed by atoms with E-state index in [-0.39, 0.29) is 11.9 Å². The lowest BCUT2D eigenvalue weighted by atomic mass is 10.1. The van der Waals surface area contributed by atoms with E-state index < -0.39 is 0 Å². The summed E-state index contributed by atoms with van der Waals surface area (Å²) in [6, 6.07) is 5.62. The Morgan fingerprint density at radius 3 is 2.30 bits per heavy atom. The van der Waals surface area contributed by atoms with E-state index in [1.165, 1.54) is 0 Å². The standard InChI is InChI=1S/C14H17Cl2N3O/c15-10-2-1-3-11(16)13(10)19-8-6-18(7-9-19)12-4-5-17-14(12)20/h1-3,12H,4-9H2,(H,17,20). The third-order valence-electron chi connectivity index (χ3n) is 4.03. The molecule has 20 heavy (non-hydrogen) atoms. The average molecular weight is 314 g/mol. The summed E-state index contributed by atoms with van der Waals surface area (Å²) in [7, 11) is 0. The predicted molar refractivity (Wildman–Crippen MR) is 81.7 cm³/mol. The summed E-state index contributed by atoms with van der Waals surface area (Å²) >= 11 is 12.5. The maximum Gasteiger partial charge on any atom is 0.237 e. The zero-order valence-electron chi connectivity index (χ0n) is 11.1. The number of halogens is 2. The Labute approximate surface area is 128 Å². The van der Waals surface area contributed by atoms with Crippen LogP contribution in [0.1, 0.15) is 6.42 Å². The number of carbonyl (C=O) groups is 1. The molecule has 3 rings (SSSR count). The number of nitrogens with one attached hydrogen (secondary N) is 1. The molecule has 1 aromatic rings. The van der Waals surface area contributed by atoms with Crippen molar-refractivity contribution in [2.45, 2.75) is 12.5 Å². The first-order valence-electron chi connectivity index (χ1n) is 6.87. The molecule has 1 N–H and O–H groups in total. The van der Waals surface area contributed by atoms with Crippen molar-refractivity contribution in [1.29, 1.82) is 0 Å². The Bertz CT molecular complexity index is 495. The van der Waals surface area contributed by atoms with E-state index in [0.717, 1.165) is 44.8 Å². The van der Waals surface area contributed by atoms with Gasteiger partial charge in [0.2, 0.25) is 5.91 Å². The van der Waals surface area contributed by atoms with Crippen molar-refractivity contribution in [3.63, 3.8) is 0 Å². The molecule has 1 amide bonds. The van der Waals surface area contributed by atoms with Crippen molar-refractivity contribution >= 4 is 34.8 Å². The number of piperazine rings is 1. The number of hydrogen-bond donors (Lipinski definition) is 1. The highest BCUT2D eigenvalue weighted by Crippen LogP contribution is 2.34. The number of carbonyl (C=O) groups excluding carboxylic acids is 1. The van der Waals surface area contributed by atoms with Gasteiger partial charge in [0.05, 0.1) is 21.8 Å². The molecule has 2 fully saturated rings. The summed E-state index contributed by atoms with van der Waals surface area (Å²) in [5.74, 6) is 0.161. The van der Waals surface area contributed by atoms with Gasteiger partial charge in [-0.25, -0.2) is 0 Å². The molecule has 0 bridgehead atoms. The summed E-state index contributed by atoms with van der Waals surface area (Å²) in [6.07, 6.45) is 0.908. The van der Waals surface area contributed by atoms with Crippen molar-refractivity contribution in [1.82, 2.24) is 10.2 Å². The zero-order chi connectivity index (χ0) is 14.1. The van der Waals surface area contributed by atoms with Crippen LogP contribution in [0.2, 0.25) is 10.0 Å². The van der Waals surface area contributed by atoms with Crippen LogP contribution in [0.4, 0.5) is 5.69 Å². The Balaban J connectivity index is 1.68. The fourth-order valence-corrected chi connectivity index (χ4v) is 3.61. The fraction of sp³-hybridized carbons (Fsp3) is 0.500. The van der Waals surface area contributed by atoms with Crippen LogP contribution in [-0.4, -0.2) is 49.6 Å². The van der Waals surface area contributed by atoms with Crippen molar-refractivity contribution < 1.29 is 4.79 Å². The van der Waals surface area contributed by atoms with E-state index in [1.54, 1.807) is 0 Å². The molecule has 0 spiro atoms. The first kappa shape index (κ1) is 14.0. The van der Waals surface area contributed by atoms with E-state index in [4.69, 9.17) is 23.2 Å². The second-order valence-electron chi connectivity index (χ2n) is 5.19. The van der Waals surface area contributed by atoms with Crippen molar-refractivity contribution in [3.05, 3.63) is 28.2 Å². The van der Waals surface area contributed by atoms with Crippen LogP contribution in [0.25, 0.3) is 0 Å². The Kier molecular flexibility index (Phi) is 4.06. The van der Waals surface area contributed by atoms with Crippen molar-refractivity contribution in [2.75, 3.05) is 37.6 Å². The number of para-hydroxylation sites is 1. The molecule has 0 aliphatic carbocycles. The summed E-state index contributed by atoms with van der Waals surface area (Å²) in [6.45, 7) is 4.19. The third-order valence-corrected chi connectivity index (χ3v) is 4.64. The van der Waals surface area contributed by atoms with Gasteiger partial charge in [-0.3, -0.25) is 9.69 Å². The van der Waals surface area contributed by atoms with Gasteiger partial charge in [-0.1, -0.05) is 29.3 Å². The van der Waals surface area contributed by atoms with Crippen LogP contribution in [0, 0.1) is 0 Å². The molecule has 0 saturated carbocycles. The average Bonchev–Trinajstić information content (AvgIpc) is 2.86. The molecule has 4 nitrogen and oxygen atoms in total. The van der Waals surface area contributed by atoms with Crippen LogP contribution in [0.15, 0.2) is 18.2 Å². The SMILES string of the molecule is O=C1NCCC1N1CCN(c2c(Cl)cccc2Cl)CC1. The van der Waals surface area contributed by atoms with Gasteiger partial charge in [-0.15, -0.1) is 0 Å². The number of hydrogen-bond acceptors (Lipinski definition) is 3. The molecule has 1 unspecified atom stereocenters. The molecular formula is C14H17Cl2N3O. The Morgan fingerprint density at radius 2 is 1.75 bits per heavy atom. The summed E-state index contributed by atoms with van der Waals surface area (Å²) < 4.78 is 0. The van der Waals surface area contributed by atoms with E-state index >= 15 is 0 Å². The van der Waals surface area contributed by atoms with E-state index in [9.17, 15) is 4.79 Å². The molecule has 6 heteroatoms. The van der Waals surface area contributed by atoms with Gasteiger partial charge >= 0.3 is 0 Å². The number of nitrogens with zero attached hydrogens (tertiary/aromatic N) is 2. The van der Waals surface area contributed by atoms with E-state index in [2.05, 4.69) is 15.1 Å².